The highest BCUT2D eigenvalue weighted by atomic mass is 19.1. The van der Waals surface area contributed by atoms with Gasteiger partial charge < -0.3 is 9.15 Å². The number of rotatable bonds is 5. The second-order valence-electron chi connectivity index (χ2n) is 6.49. The normalized spacial score (nSPS) is 20.7. The maximum absolute atomic E-state index is 13.9. The Morgan fingerprint density at radius 2 is 2.15 bits per heavy atom. The summed E-state index contributed by atoms with van der Waals surface area (Å²) in [5.41, 5.74) is 1.33. The van der Waals surface area contributed by atoms with Crippen molar-refractivity contribution >= 4 is 0 Å². The lowest BCUT2D eigenvalue weighted by molar-refractivity contribution is 0.0949. The molecule has 136 valence electrons. The van der Waals surface area contributed by atoms with Crippen molar-refractivity contribution in [3.63, 3.8) is 0 Å². The number of aromatic nitrogens is 4. The number of likely N-dealkylation sites (tertiary alicyclic amines) is 1. The molecule has 1 fully saturated rings. The minimum atomic E-state index is -0.321. The first-order valence-corrected chi connectivity index (χ1v) is 8.45. The molecule has 1 aliphatic heterocycles. The van der Waals surface area contributed by atoms with Crippen LogP contribution in [0.5, 0.6) is 0 Å². The van der Waals surface area contributed by atoms with E-state index in [1.807, 2.05) is 13.2 Å². The number of hydrogen-bond acceptors (Lipinski definition) is 6. The molecule has 3 aromatic rings. The first kappa shape index (κ1) is 16.9. The van der Waals surface area contributed by atoms with Gasteiger partial charge in [0.2, 0.25) is 5.89 Å². The molecular weight excluding hydrogens is 337 g/mol. The summed E-state index contributed by atoms with van der Waals surface area (Å²) in [7, 11) is 3.56. The lowest BCUT2D eigenvalue weighted by Crippen LogP contribution is -2.22. The van der Waals surface area contributed by atoms with Crippen molar-refractivity contribution in [2.45, 2.75) is 18.6 Å². The quantitative estimate of drug-likeness (QED) is 0.697. The van der Waals surface area contributed by atoms with E-state index in [-0.39, 0.29) is 17.8 Å². The average molecular weight is 357 g/mol. The van der Waals surface area contributed by atoms with Crippen molar-refractivity contribution in [2.24, 2.45) is 7.05 Å². The summed E-state index contributed by atoms with van der Waals surface area (Å²) in [6, 6.07) is 6.51. The van der Waals surface area contributed by atoms with E-state index in [0.29, 0.717) is 23.8 Å². The zero-order valence-electron chi connectivity index (χ0n) is 14.7. The number of benzene rings is 1. The molecule has 3 heterocycles. The lowest BCUT2D eigenvalue weighted by atomic mass is 10.0. The summed E-state index contributed by atoms with van der Waals surface area (Å²) in [5.74, 6) is 0.817. The molecule has 2 aromatic heterocycles. The Kier molecular flexibility index (Phi) is 4.52. The van der Waals surface area contributed by atoms with Crippen LogP contribution in [0.15, 0.2) is 41.1 Å². The van der Waals surface area contributed by atoms with Gasteiger partial charge in [-0.25, -0.2) is 9.37 Å². The van der Waals surface area contributed by atoms with Crippen LogP contribution in [0.4, 0.5) is 4.39 Å². The van der Waals surface area contributed by atoms with Crippen molar-refractivity contribution < 1.29 is 13.5 Å². The predicted octanol–water partition coefficient (Wildman–Crippen LogP) is 2.22. The molecule has 0 radical (unpaired) electrons. The van der Waals surface area contributed by atoms with Gasteiger partial charge in [0.1, 0.15) is 5.82 Å². The van der Waals surface area contributed by atoms with E-state index < -0.39 is 0 Å². The van der Waals surface area contributed by atoms with Crippen LogP contribution in [0.2, 0.25) is 0 Å². The maximum Gasteiger partial charge on any atom is 0.209 e. The molecule has 26 heavy (non-hydrogen) atoms. The molecule has 0 bridgehead atoms. The predicted molar refractivity (Wildman–Crippen MR) is 91.7 cm³/mol. The largest absolute Gasteiger partial charge is 0.439 e. The molecule has 0 aliphatic carbocycles. The number of aryl methyl sites for hydroxylation is 1. The van der Waals surface area contributed by atoms with Crippen LogP contribution in [0.25, 0.3) is 11.3 Å². The van der Waals surface area contributed by atoms with Gasteiger partial charge in [-0.1, -0.05) is 17.3 Å². The zero-order valence-corrected chi connectivity index (χ0v) is 14.7. The van der Waals surface area contributed by atoms with Crippen molar-refractivity contribution in [1.82, 2.24) is 24.9 Å². The Hall–Kier alpha value is -2.58. The number of ether oxygens (including phenoxy) is 1. The molecule has 0 unspecified atom stereocenters. The molecule has 2 atom stereocenters. The minimum Gasteiger partial charge on any atom is -0.439 e. The standard InChI is InChI=1S/C18H20FN5O2/c1-23-9-15(21-22-23)13-8-24(10-17(13)25-2)11-18-20-7-16(26-18)12-5-3-4-6-14(12)19/h3-7,9,13,17H,8,10-11H2,1-2H3/t13-,17+/m0/s1. The van der Waals surface area contributed by atoms with E-state index in [0.717, 1.165) is 18.8 Å². The molecule has 0 spiro atoms. The molecule has 4 rings (SSSR count). The third-order valence-corrected chi connectivity index (χ3v) is 4.70. The smallest absolute Gasteiger partial charge is 0.209 e. The van der Waals surface area contributed by atoms with Gasteiger partial charge >= 0.3 is 0 Å². The first-order valence-electron chi connectivity index (χ1n) is 8.45. The second kappa shape index (κ2) is 6.97. The van der Waals surface area contributed by atoms with Crippen LogP contribution in [-0.2, 0) is 18.3 Å². The molecule has 1 saturated heterocycles. The minimum absolute atomic E-state index is 0.0349. The van der Waals surface area contributed by atoms with Crippen LogP contribution in [0.3, 0.4) is 0 Å². The summed E-state index contributed by atoms with van der Waals surface area (Å²) >= 11 is 0. The molecular formula is C18H20FN5O2. The van der Waals surface area contributed by atoms with Crippen LogP contribution >= 0.6 is 0 Å². The first-order chi connectivity index (χ1) is 12.6. The van der Waals surface area contributed by atoms with Gasteiger partial charge in [-0.05, 0) is 12.1 Å². The summed E-state index contributed by atoms with van der Waals surface area (Å²) < 4.78 is 27.0. The Bertz CT molecular complexity index is 893. The Balaban J connectivity index is 1.47. The monoisotopic (exact) mass is 357 g/mol. The van der Waals surface area contributed by atoms with E-state index >= 15 is 0 Å². The highest BCUT2D eigenvalue weighted by Crippen LogP contribution is 2.30. The molecule has 1 aliphatic rings. The third-order valence-electron chi connectivity index (χ3n) is 4.70. The number of nitrogens with zero attached hydrogens (tertiary/aromatic N) is 5. The van der Waals surface area contributed by atoms with Gasteiger partial charge in [0, 0.05) is 39.4 Å². The van der Waals surface area contributed by atoms with Crippen LogP contribution in [0, 0.1) is 5.82 Å². The summed E-state index contributed by atoms with van der Waals surface area (Å²) in [4.78, 5) is 6.50. The number of oxazole rings is 1. The molecule has 7 nitrogen and oxygen atoms in total. The highest BCUT2D eigenvalue weighted by Gasteiger charge is 2.36. The fraction of sp³-hybridized carbons (Fsp3) is 0.389. The fourth-order valence-corrected chi connectivity index (χ4v) is 3.40. The molecule has 8 heteroatoms. The van der Waals surface area contributed by atoms with Crippen LogP contribution in [-0.4, -0.2) is 51.2 Å². The van der Waals surface area contributed by atoms with Crippen molar-refractivity contribution in [3.05, 3.63) is 54.1 Å². The lowest BCUT2D eigenvalue weighted by Gasteiger charge is -2.13. The summed E-state index contributed by atoms with van der Waals surface area (Å²) in [6.07, 6.45) is 3.52. The average Bonchev–Trinajstić information content (AvgIpc) is 3.35. The molecule has 0 saturated carbocycles. The topological polar surface area (TPSA) is 69.2 Å². The zero-order chi connectivity index (χ0) is 18.1. The highest BCUT2D eigenvalue weighted by molar-refractivity contribution is 5.56. The Morgan fingerprint density at radius 1 is 1.31 bits per heavy atom. The van der Waals surface area contributed by atoms with Gasteiger partial charge in [-0.2, -0.15) is 0 Å². The number of methoxy groups -OCH3 is 1. The maximum atomic E-state index is 13.9. The SMILES string of the molecule is CO[C@@H]1CN(Cc2ncc(-c3ccccc3F)o2)C[C@H]1c1cn(C)nn1. The van der Waals surface area contributed by atoms with E-state index in [4.69, 9.17) is 9.15 Å². The third kappa shape index (κ3) is 3.25. The van der Waals surface area contributed by atoms with Gasteiger partial charge in [0.25, 0.3) is 0 Å². The van der Waals surface area contributed by atoms with E-state index in [1.165, 1.54) is 6.07 Å². The van der Waals surface area contributed by atoms with E-state index in [9.17, 15) is 4.39 Å². The summed E-state index contributed by atoms with van der Waals surface area (Å²) in [6.45, 7) is 2.05. The number of halogens is 1. The fourth-order valence-electron chi connectivity index (χ4n) is 3.40. The van der Waals surface area contributed by atoms with Gasteiger partial charge in [0.15, 0.2) is 5.76 Å². The van der Waals surface area contributed by atoms with E-state index in [1.54, 1.807) is 36.2 Å². The molecule has 0 amide bonds. The van der Waals surface area contributed by atoms with E-state index in [2.05, 4.69) is 20.2 Å². The second-order valence-corrected chi connectivity index (χ2v) is 6.49. The molecule has 0 N–H and O–H groups in total. The molecule has 1 aromatic carbocycles. The Labute approximate surface area is 150 Å². The van der Waals surface area contributed by atoms with Crippen molar-refractivity contribution in [2.75, 3.05) is 20.2 Å². The number of hydrogen-bond donors (Lipinski definition) is 0. The van der Waals surface area contributed by atoms with Gasteiger partial charge in [-0.15, -0.1) is 5.10 Å². The van der Waals surface area contributed by atoms with Crippen LogP contribution in [0.1, 0.15) is 17.5 Å². The van der Waals surface area contributed by atoms with Crippen molar-refractivity contribution in [1.29, 1.82) is 0 Å². The van der Waals surface area contributed by atoms with Gasteiger partial charge in [0.05, 0.1) is 30.1 Å². The Morgan fingerprint density at radius 3 is 2.88 bits per heavy atom. The van der Waals surface area contributed by atoms with Gasteiger partial charge in [-0.3, -0.25) is 9.58 Å². The van der Waals surface area contributed by atoms with Crippen molar-refractivity contribution in [3.8, 4) is 11.3 Å². The van der Waals surface area contributed by atoms with Crippen LogP contribution < -0.4 is 0 Å². The summed E-state index contributed by atoms with van der Waals surface area (Å²) in [5, 5.41) is 8.23.